The van der Waals surface area contributed by atoms with Crippen LogP contribution in [-0.2, 0) is 32.7 Å². The Labute approximate surface area is 435 Å². The van der Waals surface area contributed by atoms with Crippen LogP contribution in [0.5, 0.6) is 0 Å². The molecule has 0 aromatic carbocycles. The Morgan fingerprint density at radius 3 is 1.06 bits per heavy atom. The molecule has 0 rings (SSSR count). The van der Waals surface area contributed by atoms with Crippen LogP contribution in [0.1, 0.15) is 309 Å². The van der Waals surface area contributed by atoms with Gasteiger partial charge in [-0.25, -0.2) is 0 Å². The van der Waals surface area contributed by atoms with Crippen LogP contribution in [0.3, 0.4) is 0 Å². The average molecular weight is 1010 g/mol. The van der Waals surface area contributed by atoms with E-state index in [1.807, 2.05) is 21.1 Å². The Kier molecular flexibility index (Phi) is 51.7. The molecule has 416 valence electrons. The lowest BCUT2D eigenvalue weighted by Crippen LogP contribution is -2.37. The number of phosphoric acid groups is 1. The molecule has 0 spiro atoms. The van der Waals surface area contributed by atoms with Crippen molar-refractivity contribution in [2.75, 3.05) is 47.5 Å². The normalized spacial score (nSPS) is 13.3. The van der Waals surface area contributed by atoms with Crippen LogP contribution in [-0.4, -0.2) is 70.0 Å². The number of phosphoric ester groups is 1. The number of carbonyl (C=O) groups is 2. The van der Waals surface area contributed by atoms with Gasteiger partial charge in [0.2, 0.25) is 0 Å². The number of likely N-dealkylation sites (N-methyl/N-ethyl adjacent to an activating group) is 1. The molecule has 0 aromatic rings. The number of ether oxygens (including phenoxy) is 2. The molecule has 0 N–H and O–H groups in total. The topological polar surface area (TPSA) is 111 Å². The van der Waals surface area contributed by atoms with E-state index >= 15 is 0 Å². The molecule has 70 heavy (non-hydrogen) atoms. The monoisotopic (exact) mass is 1010 g/mol. The SMILES string of the molecule is CCCCCCCCCC/C=C\CCCCCCCCCCCCCCCCCC(=O)OC(COC(=O)CCCCCCCCCCCCCCCCCCCCC)COP(=O)([O-])OCC[N+](C)(C)C. The van der Waals surface area contributed by atoms with Crippen molar-refractivity contribution in [2.45, 2.75) is 315 Å². The third kappa shape index (κ3) is 56.1. The number of hydrogen-bond donors (Lipinski definition) is 0. The molecule has 0 amide bonds. The Morgan fingerprint density at radius 1 is 0.429 bits per heavy atom. The van der Waals surface area contributed by atoms with Crippen molar-refractivity contribution in [2.24, 2.45) is 0 Å². The fraction of sp³-hybridized carbons (Fsp3) is 0.933. The van der Waals surface area contributed by atoms with Crippen LogP contribution in [0.2, 0.25) is 0 Å². The smallest absolute Gasteiger partial charge is 0.306 e. The van der Waals surface area contributed by atoms with Gasteiger partial charge in [0.25, 0.3) is 7.82 Å². The zero-order valence-electron chi connectivity index (χ0n) is 47.2. The molecular weight excluding hydrogens is 894 g/mol. The van der Waals surface area contributed by atoms with Gasteiger partial charge in [0.1, 0.15) is 19.8 Å². The summed E-state index contributed by atoms with van der Waals surface area (Å²) in [5, 5.41) is 0. The predicted octanol–water partition coefficient (Wildman–Crippen LogP) is 18.2. The maximum Gasteiger partial charge on any atom is 0.306 e. The summed E-state index contributed by atoms with van der Waals surface area (Å²) in [5.41, 5.74) is 0. The van der Waals surface area contributed by atoms with E-state index in [1.54, 1.807) is 0 Å². The lowest BCUT2D eigenvalue weighted by atomic mass is 10.0. The molecule has 0 aliphatic carbocycles. The molecule has 9 nitrogen and oxygen atoms in total. The molecule has 0 heterocycles. The van der Waals surface area contributed by atoms with Crippen LogP contribution in [0, 0.1) is 0 Å². The highest BCUT2D eigenvalue weighted by atomic mass is 31.2. The molecule has 0 saturated carbocycles. The molecule has 2 unspecified atom stereocenters. The van der Waals surface area contributed by atoms with Crippen LogP contribution in [0.25, 0.3) is 0 Å². The quantitative estimate of drug-likeness (QED) is 0.0195. The standard InChI is InChI=1S/C60H118NO8P/c1-6-8-10-12-14-16-18-20-22-24-26-27-28-29-30-31-32-33-35-37-39-41-43-45-47-49-51-53-60(63)69-58(57-68-70(64,65)67-55-54-61(3,4)5)56-66-59(62)52-50-48-46-44-42-40-38-36-34-25-23-21-19-17-15-13-11-9-7-2/h24,26,58H,6-23,25,27-57H2,1-5H3/b26-24-. The minimum absolute atomic E-state index is 0.0264. The van der Waals surface area contributed by atoms with Crippen LogP contribution in [0.4, 0.5) is 0 Å². The first-order valence-electron chi connectivity index (χ1n) is 30.4. The summed E-state index contributed by atoms with van der Waals surface area (Å²) in [6, 6.07) is 0. The Hall–Kier alpha value is -1.25. The number of allylic oxidation sites excluding steroid dienone is 2. The molecule has 0 saturated heterocycles. The fourth-order valence-electron chi connectivity index (χ4n) is 9.07. The summed E-state index contributed by atoms with van der Waals surface area (Å²) in [5.74, 6) is -0.812. The second-order valence-electron chi connectivity index (χ2n) is 22.1. The second-order valence-corrected chi connectivity index (χ2v) is 23.5. The maximum absolute atomic E-state index is 12.8. The van der Waals surface area contributed by atoms with E-state index in [-0.39, 0.29) is 32.0 Å². The highest BCUT2D eigenvalue weighted by molar-refractivity contribution is 7.45. The van der Waals surface area contributed by atoms with Crippen LogP contribution >= 0.6 is 7.82 Å². The molecular formula is C60H118NO8P. The van der Waals surface area contributed by atoms with E-state index in [2.05, 4.69) is 26.0 Å². The van der Waals surface area contributed by atoms with Crippen molar-refractivity contribution >= 4 is 19.8 Å². The summed E-state index contributed by atoms with van der Waals surface area (Å²) in [6.07, 6.45) is 61.2. The van der Waals surface area contributed by atoms with Crippen molar-refractivity contribution in [3.8, 4) is 0 Å². The molecule has 0 aliphatic heterocycles. The fourth-order valence-corrected chi connectivity index (χ4v) is 9.80. The zero-order valence-corrected chi connectivity index (χ0v) is 48.1. The van der Waals surface area contributed by atoms with Crippen molar-refractivity contribution in [3.05, 3.63) is 12.2 Å². The van der Waals surface area contributed by atoms with E-state index in [4.69, 9.17) is 18.5 Å². The zero-order chi connectivity index (χ0) is 51.3. The molecule has 0 bridgehead atoms. The van der Waals surface area contributed by atoms with E-state index in [0.29, 0.717) is 17.4 Å². The summed E-state index contributed by atoms with van der Waals surface area (Å²) >= 11 is 0. The van der Waals surface area contributed by atoms with Gasteiger partial charge in [0.05, 0.1) is 27.7 Å². The molecule has 0 aromatic heterocycles. The number of unbranched alkanes of at least 4 members (excludes halogenated alkanes) is 41. The third-order valence-electron chi connectivity index (χ3n) is 13.8. The highest BCUT2D eigenvalue weighted by Crippen LogP contribution is 2.38. The van der Waals surface area contributed by atoms with E-state index < -0.39 is 26.5 Å². The van der Waals surface area contributed by atoms with Crippen LogP contribution < -0.4 is 4.89 Å². The van der Waals surface area contributed by atoms with Gasteiger partial charge in [0.15, 0.2) is 6.10 Å². The first-order valence-corrected chi connectivity index (χ1v) is 31.9. The third-order valence-corrected chi connectivity index (χ3v) is 14.7. The summed E-state index contributed by atoms with van der Waals surface area (Å²) < 4.78 is 34.2. The van der Waals surface area contributed by atoms with Gasteiger partial charge in [-0.1, -0.05) is 270 Å². The number of carbonyl (C=O) groups excluding carboxylic acids is 2. The summed E-state index contributed by atoms with van der Waals surface area (Å²) in [7, 11) is 1.19. The second kappa shape index (κ2) is 52.6. The predicted molar refractivity (Wildman–Crippen MR) is 296 cm³/mol. The molecule has 0 aliphatic rings. The highest BCUT2D eigenvalue weighted by Gasteiger charge is 2.22. The minimum atomic E-state index is -4.63. The van der Waals surface area contributed by atoms with Gasteiger partial charge >= 0.3 is 11.9 Å². The molecule has 2 atom stereocenters. The van der Waals surface area contributed by atoms with Gasteiger partial charge in [-0.2, -0.15) is 0 Å². The Bertz CT molecular complexity index is 1190. The lowest BCUT2D eigenvalue weighted by Gasteiger charge is -2.28. The van der Waals surface area contributed by atoms with Crippen molar-refractivity contribution in [1.29, 1.82) is 0 Å². The molecule has 0 fully saturated rings. The van der Waals surface area contributed by atoms with E-state index in [0.717, 1.165) is 32.1 Å². The van der Waals surface area contributed by atoms with Crippen molar-refractivity contribution < 1.29 is 42.1 Å². The van der Waals surface area contributed by atoms with Crippen molar-refractivity contribution in [1.82, 2.24) is 0 Å². The first-order chi connectivity index (χ1) is 34.0. The number of quaternary nitrogens is 1. The summed E-state index contributed by atoms with van der Waals surface area (Å²) in [4.78, 5) is 37.9. The Balaban J connectivity index is 4.07. The van der Waals surface area contributed by atoms with Gasteiger partial charge < -0.3 is 27.9 Å². The number of hydrogen-bond acceptors (Lipinski definition) is 8. The van der Waals surface area contributed by atoms with Gasteiger partial charge in [-0.05, 0) is 38.5 Å². The number of esters is 2. The first kappa shape index (κ1) is 68.8. The van der Waals surface area contributed by atoms with Gasteiger partial charge in [0, 0.05) is 12.8 Å². The Morgan fingerprint density at radius 2 is 0.729 bits per heavy atom. The van der Waals surface area contributed by atoms with Gasteiger partial charge in [-0.3, -0.25) is 14.2 Å². The lowest BCUT2D eigenvalue weighted by molar-refractivity contribution is -0.870. The molecule has 0 radical (unpaired) electrons. The van der Waals surface area contributed by atoms with E-state index in [9.17, 15) is 19.0 Å². The minimum Gasteiger partial charge on any atom is -0.756 e. The maximum atomic E-state index is 12.8. The number of nitrogens with zero attached hydrogens (tertiary/aromatic N) is 1. The van der Waals surface area contributed by atoms with E-state index in [1.165, 1.54) is 244 Å². The average Bonchev–Trinajstić information content (AvgIpc) is 3.32. The molecule has 10 heteroatoms. The number of rotatable bonds is 57. The van der Waals surface area contributed by atoms with Crippen LogP contribution in [0.15, 0.2) is 12.2 Å². The summed E-state index contributed by atoms with van der Waals surface area (Å²) in [6.45, 7) is 4.31. The van der Waals surface area contributed by atoms with Gasteiger partial charge in [-0.15, -0.1) is 0 Å². The largest absolute Gasteiger partial charge is 0.756 e. The van der Waals surface area contributed by atoms with Crippen molar-refractivity contribution in [3.63, 3.8) is 0 Å².